The lowest BCUT2D eigenvalue weighted by molar-refractivity contribution is -0.113. The maximum Gasteiger partial charge on any atom is 0.234 e. The van der Waals surface area contributed by atoms with Gasteiger partial charge in [-0.05, 0) is 25.1 Å². The van der Waals surface area contributed by atoms with Gasteiger partial charge < -0.3 is 9.88 Å². The highest BCUT2D eigenvalue weighted by Crippen LogP contribution is 2.19. The molecule has 0 spiro atoms. The monoisotopic (exact) mass is 366 g/mol. The maximum absolute atomic E-state index is 12.1. The highest BCUT2D eigenvalue weighted by molar-refractivity contribution is 7.99. The lowest BCUT2D eigenvalue weighted by atomic mass is 10.3. The normalized spacial score (nSPS) is 11.2. The van der Waals surface area contributed by atoms with Crippen LogP contribution in [0.5, 0.6) is 0 Å². The van der Waals surface area contributed by atoms with Crippen molar-refractivity contribution in [3.63, 3.8) is 0 Å². The average Bonchev–Trinajstić information content (AvgIpc) is 2.86. The molecule has 0 bridgehead atoms. The first-order valence-electron chi connectivity index (χ1n) is 7.04. The number of carbonyl (C=O) groups excluding carboxylic acids is 1. The zero-order valence-electron chi connectivity index (χ0n) is 13.4. The summed E-state index contributed by atoms with van der Waals surface area (Å²) in [4.78, 5) is 12.2. The first-order chi connectivity index (χ1) is 11.3. The summed E-state index contributed by atoms with van der Waals surface area (Å²) in [5, 5.41) is 11.3. The molecule has 0 aliphatic rings. The van der Waals surface area contributed by atoms with E-state index in [4.69, 9.17) is 0 Å². The van der Waals surface area contributed by atoms with Crippen LogP contribution in [0.4, 0.5) is 5.69 Å². The molecular weight excluding hydrogens is 348 g/mol. The number of thioether (sulfide) groups is 1. The van der Waals surface area contributed by atoms with Gasteiger partial charge in [0.2, 0.25) is 5.91 Å². The summed E-state index contributed by atoms with van der Waals surface area (Å²) >= 11 is 1.26. The number of hydrogen-bond donors (Lipinski definition) is 1. The summed E-state index contributed by atoms with van der Waals surface area (Å²) in [5.74, 6) is 0.633. The average molecular weight is 366 g/mol. The molecule has 1 heterocycles. The summed E-state index contributed by atoms with van der Waals surface area (Å²) in [6, 6.07) is 6.15. The number of amides is 1. The standard InChI is InChI=1S/C15H18N4O3S2/c1-4-8-19-11(2)17-18-15(19)23-10-14(20)16-12-6-5-7-13(9-12)24(3,21)22/h4-7,9H,1,8,10H2,2-3H3,(H,16,20). The Labute approximate surface area is 145 Å². The van der Waals surface area contributed by atoms with Gasteiger partial charge >= 0.3 is 0 Å². The molecule has 0 unspecified atom stereocenters. The van der Waals surface area contributed by atoms with E-state index in [1.807, 2.05) is 11.5 Å². The summed E-state index contributed by atoms with van der Waals surface area (Å²) in [6.45, 7) is 6.08. The van der Waals surface area contributed by atoms with E-state index in [9.17, 15) is 13.2 Å². The second-order valence-electron chi connectivity index (χ2n) is 5.07. The molecule has 2 rings (SSSR count). The SMILES string of the molecule is C=CCn1c(C)nnc1SCC(=O)Nc1cccc(S(C)(=O)=O)c1. The number of benzene rings is 1. The summed E-state index contributed by atoms with van der Waals surface area (Å²) in [5.41, 5.74) is 0.437. The molecule has 0 saturated carbocycles. The molecule has 0 aliphatic carbocycles. The van der Waals surface area contributed by atoms with Crippen molar-refractivity contribution in [2.24, 2.45) is 0 Å². The number of allylic oxidation sites excluding steroid dienone is 1. The minimum Gasteiger partial charge on any atom is -0.325 e. The van der Waals surface area contributed by atoms with E-state index in [1.54, 1.807) is 18.2 Å². The van der Waals surface area contributed by atoms with E-state index in [2.05, 4.69) is 22.1 Å². The zero-order chi connectivity index (χ0) is 17.7. The second-order valence-corrected chi connectivity index (χ2v) is 8.02. The van der Waals surface area contributed by atoms with Crippen LogP contribution >= 0.6 is 11.8 Å². The van der Waals surface area contributed by atoms with Gasteiger partial charge in [-0.1, -0.05) is 23.9 Å². The molecule has 9 heteroatoms. The number of rotatable bonds is 7. The van der Waals surface area contributed by atoms with Crippen molar-refractivity contribution in [3.8, 4) is 0 Å². The molecule has 24 heavy (non-hydrogen) atoms. The quantitative estimate of drug-likeness (QED) is 0.594. The first kappa shape index (κ1) is 18.2. The third-order valence-corrected chi connectivity index (χ3v) is 5.17. The molecule has 128 valence electrons. The van der Waals surface area contributed by atoms with Gasteiger partial charge in [0.1, 0.15) is 5.82 Å². The number of aryl methyl sites for hydroxylation is 1. The van der Waals surface area contributed by atoms with Gasteiger partial charge in [0.05, 0.1) is 10.6 Å². The molecule has 7 nitrogen and oxygen atoms in total. The molecule has 1 aromatic heterocycles. The number of nitrogens with one attached hydrogen (secondary N) is 1. The molecule has 1 amide bonds. The molecule has 1 N–H and O–H groups in total. The van der Waals surface area contributed by atoms with Gasteiger partial charge in [0.15, 0.2) is 15.0 Å². The van der Waals surface area contributed by atoms with Crippen molar-refractivity contribution in [1.29, 1.82) is 0 Å². The fourth-order valence-corrected chi connectivity index (χ4v) is 3.40. The van der Waals surface area contributed by atoms with Crippen LogP contribution in [0.25, 0.3) is 0 Å². The van der Waals surface area contributed by atoms with Gasteiger partial charge in [0, 0.05) is 18.5 Å². The number of carbonyl (C=O) groups is 1. The Balaban J connectivity index is 2.01. The van der Waals surface area contributed by atoms with E-state index in [-0.39, 0.29) is 16.6 Å². The number of hydrogen-bond acceptors (Lipinski definition) is 6. The van der Waals surface area contributed by atoms with Crippen LogP contribution in [0.1, 0.15) is 5.82 Å². The fraction of sp³-hybridized carbons (Fsp3) is 0.267. The summed E-state index contributed by atoms with van der Waals surface area (Å²) in [7, 11) is -3.31. The minimum atomic E-state index is -3.31. The van der Waals surface area contributed by atoms with E-state index in [0.717, 1.165) is 12.1 Å². The van der Waals surface area contributed by atoms with Crippen LogP contribution in [0, 0.1) is 6.92 Å². The fourth-order valence-electron chi connectivity index (χ4n) is 1.94. The largest absolute Gasteiger partial charge is 0.325 e. The van der Waals surface area contributed by atoms with Crippen LogP contribution < -0.4 is 5.32 Å². The van der Waals surface area contributed by atoms with E-state index in [0.29, 0.717) is 17.4 Å². The Kier molecular flexibility index (Phi) is 5.79. The highest BCUT2D eigenvalue weighted by atomic mass is 32.2. The molecule has 0 radical (unpaired) electrons. The van der Waals surface area contributed by atoms with Crippen LogP contribution in [0.3, 0.4) is 0 Å². The molecule has 1 aromatic carbocycles. The van der Waals surface area contributed by atoms with E-state index in [1.165, 1.54) is 23.9 Å². The van der Waals surface area contributed by atoms with Crippen molar-refractivity contribution in [3.05, 3.63) is 42.7 Å². The smallest absolute Gasteiger partial charge is 0.234 e. The van der Waals surface area contributed by atoms with Crippen LogP contribution in [-0.2, 0) is 21.2 Å². The van der Waals surface area contributed by atoms with Gasteiger partial charge in [0.25, 0.3) is 0 Å². The molecule has 0 saturated heterocycles. The van der Waals surface area contributed by atoms with Crippen molar-refractivity contribution < 1.29 is 13.2 Å². The third-order valence-electron chi connectivity index (χ3n) is 3.09. The number of aromatic nitrogens is 3. The molecule has 2 aromatic rings. The maximum atomic E-state index is 12.1. The lowest BCUT2D eigenvalue weighted by Gasteiger charge is -2.07. The Morgan fingerprint density at radius 1 is 1.42 bits per heavy atom. The van der Waals surface area contributed by atoms with Crippen molar-refractivity contribution >= 4 is 33.2 Å². The predicted octanol–water partition coefficient (Wildman–Crippen LogP) is 1.91. The lowest BCUT2D eigenvalue weighted by Crippen LogP contribution is -2.15. The topological polar surface area (TPSA) is 93.9 Å². The van der Waals surface area contributed by atoms with Crippen LogP contribution in [-0.4, -0.2) is 41.1 Å². The zero-order valence-corrected chi connectivity index (χ0v) is 15.0. The Hall–Kier alpha value is -2.13. The van der Waals surface area contributed by atoms with Crippen molar-refractivity contribution in [2.45, 2.75) is 23.5 Å². The van der Waals surface area contributed by atoms with E-state index < -0.39 is 9.84 Å². The number of sulfone groups is 1. The van der Waals surface area contributed by atoms with Gasteiger partial charge in [-0.25, -0.2) is 8.42 Å². The minimum absolute atomic E-state index is 0.137. The molecule has 0 aliphatic heterocycles. The van der Waals surface area contributed by atoms with Crippen molar-refractivity contribution in [1.82, 2.24) is 14.8 Å². The van der Waals surface area contributed by atoms with Crippen LogP contribution in [0.15, 0.2) is 47.0 Å². The molecule has 0 atom stereocenters. The summed E-state index contributed by atoms with van der Waals surface area (Å²) in [6.07, 6.45) is 2.86. The predicted molar refractivity (Wildman–Crippen MR) is 93.9 cm³/mol. The number of anilines is 1. The Morgan fingerprint density at radius 3 is 2.83 bits per heavy atom. The van der Waals surface area contributed by atoms with Gasteiger partial charge in [-0.15, -0.1) is 16.8 Å². The first-order valence-corrected chi connectivity index (χ1v) is 9.92. The van der Waals surface area contributed by atoms with Crippen molar-refractivity contribution in [2.75, 3.05) is 17.3 Å². The third kappa shape index (κ3) is 4.68. The van der Waals surface area contributed by atoms with Crippen LogP contribution in [0.2, 0.25) is 0 Å². The Bertz CT molecular complexity index is 859. The molecular formula is C15H18N4O3S2. The van der Waals surface area contributed by atoms with Gasteiger partial charge in [-0.3, -0.25) is 4.79 Å². The molecule has 0 fully saturated rings. The summed E-state index contributed by atoms with van der Waals surface area (Å²) < 4.78 is 24.9. The second kappa shape index (κ2) is 7.63. The van der Waals surface area contributed by atoms with E-state index >= 15 is 0 Å². The van der Waals surface area contributed by atoms with Gasteiger partial charge in [-0.2, -0.15) is 0 Å². The Morgan fingerprint density at radius 2 is 2.17 bits per heavy atom. The number of nitrogens with zero attached hydrogens (tertiary/aromatic N) is 3. The highest BCUT2D eigenvalue weighted by Gasteiger charge is 2.12.